The van der Waals surface area contributed by atoms with E-state index in [4.69, 9.17) is 5.11 Å². The van der Waals surface area contributed by atoms with Crippen LogP contribution in [0.4, 0.5) is 4.79 Å². The summed E-state index contributed by atoms with van der Waals surface area (Å²) in [6.07, 6.45) is 3.94. The molecule has 1 rings (SSSR count). The molecule has 0 aliphatic rings. The minimum absolute atomic E-state index is 0.271. The molecule has 0 fully saturated rings. The Bertz CT molecular complexity index is 468. The van der Waals surface area contributed by atoms with Crippen molar-refractivity contribution in [3.8, 4) is 0 Å². The zero-order valence-corrected chi connectivity index (χ0v) is 12.4. The second kappa shape index (κ2) is 8.42. The van der Waals surface area contributed by atoms with Gasteiger partial charge in [-0.2, -0.15) is 11.8 Å². The highest BCUT2D eigenvalue weighted by molar-refractivity contribution is 7.98. The van der Waals surface area contributed by atoms with E-state index < -0.39 is 18.0 Å². The molecule has 0 radical (unpaired) electrons. The number of hydrogen-bond donors (Lipinski definition) is 3. The Labute approximate surface area is 122 Å². The largest absolute Gasteiger partial charge is 0.480 e. The summed E-state index contributed by atoms with van der Waals surface area (Å²) in [5.74, 6) is -0.348. The van der Waals surface area contributed by atoms with Crippen molar-refractivity contribution < 1.29 is 14.7 Å². The maximum Gasteiger partial charge on any atom is 0.326 e. The number of carboxylic acid groups (broad SMARTS) is 1. The first-order valence-electron chi connectivity index (χ1n) is 6.21. The molecule has 6 nitrogen and oxygen atoms in total. The fourth-order valence-electron chi connectivity index (χ4n) is 1.57. The summed E-state index contributed by atoms with van der Waals surface area (Å²) in [7, 11) is 0. The molecule has 110 valence electrons. The molecule has 0 saturated heterocycles. The van der Waals surface area contributed by atoms with Crippen LogP contribution in [0.1, 0.15) is 17.7 Å². The maximum atomic E-state index is 11.7. The minimum Gasteiger partial charge on any atom is -0.480 e. The molecule has 3 N–H and O–H groups in total. The van der Waals surface area contributed by atoms with Gasteiger partial charge in [0.1, 0.15) is 6.04 Å². The predicted molar refractivity (Wildman–Crippen MR) is 78.8 cm³/mol. The van der Waals surface area contributed by atoms with Gasteiger partial charge in [0.05, 0.1) is 12.2 Å². The molecule has 2 amide bonds. The lowest BCUT2D eigenvalue weighted by atomic mass is 10.2. The molecule has 0 aliphatic heterocycles. The van der Waals surface area contributed by atoms with Gasteiger partial charge in [-0.1, -0.05) is 6.07 Å². The molecular formula is C13H19N3O3S. The molecule has 1 atom stereocenters. The quantitative estimate of drug-likeness (QED) is 0.707. The van der Waals surface area contributed by atoms with Gasteiger partial charge in [-0.25, -0.2) is 9.59 Å². The van der Waals surface area contributed by atoms with E-state index in [1.807, 2.05) is 25.3 Å². The molecule has 1 aromatic heterocycles. The molecule has 0 bridgehead atoms. The van der Waals surface area contributed by atoms with Crippen LogP contribution in [-0.4, -0.2) is 40.1 Å². The third-order valence-corrected chi connectivity index (χ3v) is 3.39. The van der Waals surface area contributed by atoms with E-state index in [9.17, 15) is 9.59 Å². The van der Waals surface area contributed by atoms with Crippen molar-refractivity contribution in [1.82, 2.24) is 15.6 Å². The van der Waals surface area contributed by atoms with Gasteiger partial charge in [-0.15, -0.1) is 0 Å². The first-order chi connectivity index (χ1) is 9.54. The van der Waals surface area contributed by atoms with Gasteiger partial charge in [0, 0.05) is 6.20 Å². The summed E-state index contributed by atoms with van der Waals surface area (Å²) >= 11 is 1.54. The SMILES string of the molecule is CSCCC(NC(=O)NCc1ncccc1C)C(=O)O. The summed E-state index contributed by atoms with van der Waals surface area (Å²) in [6, 6.07) is 2.36. The van der Waals surface area contributed by atoms with Crippen LogP contribution in [-0.2, 0) is 11.3 Å². The Morgan fingerprint density at radius 1 is 1.50 bits per heavy atom. The molecule has 1 heterocycles. The van der Waals surface area contributed by atoms with Crippen LogP contribution in [0, 0.1) is 6.92 Å². The normalized spacial score (nSPS) is 11.7. The number of nitrogens with one attached hydrogen (secondary N) is 2. The highest BCUT2D eigenvalue weighted by Crippen LogP contribution is 2.03. The first kappa shape index (κ1) is 16.3. The summed E-state index contributed by atoms with van der Waals surface area (Å²) in [5, 5.41) is 14.1. The number of carbonyl (C=O) groups excluding carboxylic acids is 1. The fraction of sp³-hybridized carbons (Fsp3) is 0.462. The van der Waals surface area contributed by atoms with Crippen LogP contribution in [0.15, 0.2) is 18.3 Å². The molecule has 0 aliphatic carbocycles. The van der Waals surface area contributed by atoms with Gasteiger partial charge < -0.3 is 15.7 Å². The Kier molecular flexibility index (Phi) is 6.86. The van der Waals surface area contributed by atoms with Crippen molar-refractivity contribution in [2.75, 3.05) is 12.0 Å². The molecule has 0 aromatic carbocycles. The third kappa shape index (κ3) is 5.48. The van der Waals surface area contributed by atoms with Crippen LogP contribution in [0.25, 0.3) is 0 Å². The molecule has 1 unspecified atom stereocenters. The Hall–Kier alpha value is -1.76. The van der Waals surface area contributed by atoms with Gasteiger partial charge in [0.15, 0.2) is 0 Å². The second-order valence-corrected chi connectivity index (χ2v) is 5.25. The lowest BCUT2D eigenvalue weighted by Gasteiger charge is -2.14. The molecule has 7 heteroatoms. The number of carbonyl (C=O) groups is 2. The number of pyridine rings is 1. The molecule has 0 spiro atoms. The minimum atomic E-state index is -1.02. The summed E-state index contributed by atoms with van der Waals surface area (Å²) in [6.45, 7) is 2.17. The van der Waals surface area contributed by atoms with Gasteiger partial charge in [-0.3, -0.25) is 4.98 Å². The van der Waals surface area contributed by atoms with E-state index in [1.54, 1.807) is 18.0 Å². The van der Waals surface area contributed by atoms with Gasteiger partial charge in [0.2, 0.25) is 0 Å². The number of aryl methyl sites for hydroxylation is 1. The van der Waals surface area contributed by atoms with Crippen molar-refractivity contribution in [2.45, 2.75) is 25.9 Å². The first-order valence-corrected chi connectivity index (χ1v) is 7.60. The highest BCUT2D eigenvalue weighted by Gasteiger charge is 2.19. The smallest absolute Gasteiger partial charge is 0.326 e. The number of nitrogens with zero attached hydrogens (tertiary/aromatic N) is 1. The van der Waals surface area contributed by atoms with Crippen molar-refractivity contribution in [2.24, 2.45) is 0 Å². The van der Waals surface area contributed by atoms with E-state index in [0.717, 1.165) is 11.3 Å². The highest BCUT2D eigenvalue weighted by atomic mass is 32.2. The van der Waals surface area contributed by atoms with Gasteiger partial charge in [-0.05, 0) is 37.0 Å². The third-order valence-electron chi connectivity index (χ3n) is 2.75. The number of aromatic nitrogens is 1. The lowest BCUT2D eigenvalue weighted by molar-refractivity contribution is -0.139. The Balaban J connectivity index is 2.46. The number of rotatable bonds is 7. The van der Waals surface area contributed by atoms with E-state index in [2.05, 4.69) is 15.6 Å². The molecule has 1 aromatic rings. The van der Waals surface area contributed by atoms with Crippen molar-refractivity contribution in [3.63, 3.8) is 0 Å². The topological polar surface area (TPSA) is 91.3 Å². The predicted octanol–water partition coefficient (Wildman–Crippen LogP) is 1.40. The van der Waals surface area contributed by atoms with Crippen LogP contribution < -0.4 is 10.6 Å². The van der Waals surface area contributed by atoms with E-state index in [-0.39, 0.29) is 6.54 Å². The molecule has 20 heavy (non-hydrogen) atoms. The van der Waals surface area contributed by atoms with Gasteiger partial charge in [0.25, 0.3) is 0 Å². The van der Waals surface area contributed by atoms with E-state index in [1.165, 1.54) is 0 Å². The summed E-state index contributed by atoms with van der Waals surface area (Å²) < 4.78 is 0. The van der Waals surface area contributed by atoms with Crippen LogP contribution >= 0.6 is 11.8 Å². The number of aliphatic carboxylic acids is 1. The van der Waals surface area contributed by atoms with Crippen LogP contribution in [0.5, 0.6) is 0 Å². The monoisotopic (exact) mass is 297 g/mol. The fourth-order valence-corrected chi connectivity index (χ4v) is 2.04. The van der Waals surface area contributed by atoms with Gasteiger partial charge >= 0.3 is 12.0 Å². The van der Waals surface area contributed by atoms with E-state index in [0.29, 0.717) is 12.2 Å². The van der Waals surface area contributed by atoms with Crippen LogP contribution in [0.3, 0.4) is 0 Å². The second-order valence-electron chi connectivity index (χ2n) is 4.27. The van der Waals surface area contributed by atoms with Crippen molar-refractivity contribution >= 4 is 23.8 Å². The number of hydrogen-bond acceptors (Lipinski definition) is 4. The number of carboxylic acids is 1. The number of urea groups is 1. The van der Waals surface area contributed by atoms with E-state index >= 15 is 0 Å². The maximum absolute atomic E-state index is 11.7. The molecular weight excluding hydrogens is 278 g/mol. The zero-order valence-electron chi connectivity index (χ0n) is 11.5. The number of amides is 2. The van der Waals surface area contributed by atoms with Crippen LogP contribution in [0.2, 0.25) is 0 Å². The zero-order chi connectivity index (χ0) is 15.0. The summed E-state index contributed by atoms with van der Waals surface area (Å²) in [4.78, 5) is 26.8. The summed E-state index contributed by atoms with van der Waals surface area (Å²) in [5.41, 5.74) is 1.74. The standard InChI is InChI=1S/C13H19N3O3S/c1-9-4-3-6-14-11(9)8-15-13(19)16-10(12(17)18)5-7-20-2/h3-4,6,10H,5,7-8H2,1-2H3,(H,17,18)(H2,15,16,19). The number of thioether (sulfide) groups is 1. The average Bonchev–Trinajstić information content (AvgIpc) is 2.42. The Morgan fingerprint density at radius 3 is 2.85 bits per heavy atom. The lowest BCUT2D eigenvalue weighted by Crippen LogP contribution is -2.46. The van der Waals surface area contributed by atoms with Crippen molar-refractivity contribution in [3.05, 3.63) is 29.6 Å². The molecule has 0 saturated carbocycles. The van der Waals surface area contributed by atoms with Crippen molar-refractivity contribution in [1.29, 1.82) is 0 Å². The average molecular weight is 297 g/mol. The Morgan fingerprint density at radius 2 is 2.25 bits per heavy atom.